The third-order valence-corrected chi connectivity index (χ3v) is 2.84. The molecule has 0 bridgehead atoms. The summed E-state index contributed by atoms with van der Waals surface area (Å²) in [6, 6.07) is 6.19. The number of nitrogens with zero attached hydrogens (tertiary/aromatic N) is 2. The number of halogens is 1. The molecule has 0 aliphatic carbocycles. The molecule has 0 saturated heterocycles. The standard InChI is InChI=1S/C15H18FN3O2/c1-10(2)9-17-13(20)7-8-14-18-19-15(21-14)11-5-3-4-6-12(11)16/h3-6,10H,7-9H2,1-2H3,(H,17,20). The van der Waals surface area contributed by atoms with Gasteiger partial charge in [-0.1, -0.05) is 26.0 Å². The molecule has 0 aliphatic heterocycles. The number of hydrogen-bond acceptors (Lipinski definition) is 4. The molecule has 21 heavy (non-hydrogen) atoms. The summed E-state index contributed by atoms with van der Waals surface area (Å²) in [6.07, 6.45) is 0.608. The highest BCUT2D eigenvalue weighted by Gasteiger charge is 2.13. The van der Waals surface area contributed by atoms with Crippen LogP contribution in [0.25, 0.3) is 11.5 Å². The third-order valence-electron chi connectivity index (χ3n) is 2.84. The van der Waals surface area contributed by atoms with Gasteiger partial charge in [0.25, 0.3) is 5.89 Å². The van der Waals surface area contributed by atoms with E-state index in [4.69, 9.17) is 4.42 Å². The molecule has 0 spiro atoms. The number of nitrogens with one attached hydrogen (secondary N) is 1. The molecule has 1 N–H and O–H groups in total. The number of benzene rings is 1. The van der Waals surface area contributed by atoms with E-state index in [1.807, 2.05) is 13.8 Å². The summed E-state index contributed by atoms with van der Waals surface area (Å²) >= 11 is 0. The number of aryl methyl sites for hydroxylation is 1. The minimum Gasteiger partial charge on any atom is -0.421 e. The number of carbonyl (C=O) groups excluding carboxylic acids is 1. The van der Waals surface area contributed by atoms with Gasteiger partial charge in [-0.2, -0.15) is 0 Å². The summed E-state index contributed by atoms with van der Waals surface area (Å²) < 4.78 is 19.0. The van der Waals surface area contributed by atoms with Crippen molar-refractivity contribution in [2.75, 3.05) is 6.54 Å². The van der Waals surface area contributed by atoms with E-state index < -0.39 is 5.82 Å². The summed E-state index contributed by atoms with van der Waals surface area (Å²) in [5.74, 6) is 0.389. The minimum absolute atomic E-state index is 0.0608. The first-order valence-electron chi connectivity index (χ1n) is 6.90. The van der Waals surface area contributed by atoms with Crippen LogP contribution in [-0.2, 0) is 11.2 Å². The molecule has 5 nitrogen and oxygen atoms in total. The topological polar surface area (TPSA) is 68.0 Å². The Morgan fingerprint density at radius 1 is 1.33 bits per heavy atom. The maximum Gasteiger partial charge on any atom is 0.250 e. The first-order valence-corrected chi connectivity index (χ1v) is 6.90. The van der Waals surface area contributed by atoms with Crippen LogP contribution < -0.4 is 5.32 Å². The van der Waals surface area contributed by atoms with Gasteiger partial charge in [0.1, 0.15) is 5.82 Å². The van der Waals surface area contributed by atoms with Crippen LogP contribution >= 0.6 is 0 Å². The fourth-order valence-corrected chi connectivity index (χ4v) is 1.72. The lowest BCUT2D eigenvalue weighted by atomic mass is 10.2. The molecule has 0 unspecified atom stereocenters. The Hall–Kier alpha value is -2.24. The summed E-state index contributed by atoms with van der Waals surface area (Å²) in [5, 5.41) is 10.5. The van der Waals surface area contributed by atoms with Crippen molar-refractivity contribution in [1.29, 1.82) is 0 Å². The SMILES string of the molecule is CC(C)CNC(=O)CCc1nnc(-c2ccccc2F)o1. The molecular weight excluding hydrogens is 273 g/mol. The Balaban J connectivity index is 1.92. The van der Waals surface area contributed by atoms with Crippen molar-refractivity contribution < 1.29 is 13.6 Å². The number of hydrogen-bond donors (Lipinski definition) is 1. The van der Waals surface area contributed by atoms with Crippen molar-refractivity contribution in [2.45, 2.75) is 26.7 Å². The van der Waals surface area contributed by atoms with Gasteiger partial charge in [-0.05, 0) is 18.1 Å². The highest BCUT2D eigenvalue weighted by atomic mass is 19.1. The van der Waals surface area contributed by atoms with E-state index >= 15 is 0 Å². The Morgan fingerprint density at radius 3 is 2.81 bits per heavy atom. The molecule has 6 heteroatoms. The Bertz CT molecular complexity index is 610. The zero-order chi connectivity index (χ0) is 15.2. The predicted octanol–water partition coefficient (Wildman–Crippen LogP) is 2.58. The number of amides is 1. The summed E-state index contributed by atoms with van der Waals surface area (Å²) in [4.78, 5) is 11.6. The lowest BCUT2D eigenvalue weighted by Crippen LogP contribution is -2.27. The van der Waals surface area contributed by atoms with Crippen LogP contribution in [0.4, 0.5) is 4.39 Å². The average Bonchev–Trinajstić information content (AvgIpc) is 2.92. The van der Waals surface area contributed by atoms with Gasteiger partial charge in [-0.3, -0.25) is 4.79 Å². The molecule has 1 amide bonds. The smallest absolute Gasteiger partial charge is 0.250 e. The summed E-state index contributed by atoms with van der Waals surface area (Å²) in [5.41, 5.74) is 0.264. The molecule has 112 valence electrons. The summed E-state index contributed by atoms with van der Waals surface area (Å²) in [6.45, 7) is 4.70. The lowest BCUT2D eigenvalue weighted by molar-refractivity contribution is -0.121. The maximum absolute atomic E-state index is 13.6. The Morgan fingerprint density at radius 2 is 2.10 bits per heavy atom. The molecule has 0 fully saturated rings. The molecule has 2 rings (SSSR count). The quantitative estimate of drug-likeness (QED) is 0.888. The fourth-order valence-electron chi connectivity index (χ4n) is 1.72. The van der Waals surface area contributed by atoms with Crippen LogP contribution in [0, 0.1) is 11.7 Å². The van der Waals surface area contributed by atoms with Gasteiger partial charge >= 0.3 is 0 Å². The second-order valence-electron chi connectivity index (χ2n) is 5.18. The van der Waals surface area contributed by atoms with Crippen molar-refractivity contribution in [2.24, 2.45) is 5.92 Å². The molecule has 1 heterocycles. The van der Waals surface area contributed by atoms with Crippen LogP contribution in [0.1, 0.15) is 26.2 Å². The largest absolute Gasteiger partial charge is 0.421 e. The Kier molecular flexibility index (Phi) is 5.03. The first kappa shape index (κ1) is 15.2. The minimum atomic E-state index is -0.414. The van der Waals surface area contributed by atoms with Crippen LogP contribution in [0.2, 0.25) is 0 Å². The number of carbonyl (C=O) groups is 1. The first-order chi connectivity index (χ1) is 10.1. The normalized spacial score (nSPS) is 10.9. The van der Waals surface area contributed by atoms with Crippen molar-refractivity contribution in [3.63, 3.8) is 0 Å². The van der Waals surface area contributed by atoms with Crippen LogP contribution in [0.3, 0.4) is 0 Å². The molecule has 0 aliphatic rings. The monoisotopic (exact) mass is 291 g/mol. The number of aromatic nitrogens is 2. The van der Waals surface area contributed by atoms with Gasteiger partial charge < -0.3 is 9.73 Å². The molecule has 0 atom stereocenters. The zero-order valence-electron chi connectivity index (χ0n) is 12.1. The van der Waals surface area contributed by atoms with Crippen LogP contribution in [0.5, 0.6) is 0 Å². The third kappa shape index (κ3) is 4.37. The zero-order valence-corrected chi connectivity index (χ0v) is 12.1. The van der Waals surface area contributed by atoms with E-state index in [9.17, 15) is 9.18 Å². The highest BCUT2D eigenvalue weighted by molar-refractivity contribution is 5.76. The fraction of sp³-hybridized carbons (Fsp3) is 0.400. The molecule has 1 aromatic carbocycles. The van der Waals surface area contributed by atoms with Crippen molar-refractivity contribution in [1.82, 2.24) is 15.5 Å². The molecule has 2 aromatic rings. The van der Waals surface area contributed by atoms with Crippen LogP contribution in [-0.4, -0.2) is 22.6 Å². The number of rotatable bonds is 6. The van der Waals surface area contributed by atoms with Gasteiger partial charge in [0.15, 0.2) is 0 Å². The second-order valence-corrected chi connectivity index (χ2v) is 5.18. The van der Waals surface area contributed by atoms with Gasteiger partial charge in [0, 0.05) is 19.4 Å². The molecule has 1 aromatic heterocycles. The van der Waals surface area contributed by atoms with Gasteiger partial charge in [-0.25, -0.2) is 4.39 Å². The van der Waals surface area contributed by atoms with Crippen molar-refractivity contribution >= 4 is 5.91 Å². The van der Waals surface area contributed by atoms with E-state index in [1.165, 1.54) is 6.07 Å². The van der Waals surface area contributed by atoms with E-state index in [0.717, 1.165) is 0 Å². The average molecular weight is 291 g/mol. The molecule has 0 radical (unpaired) electrons. The van der Waals surface area contributed by atoms with E-state index in [0.29, 0.717) is 24.8 Å². The van der Waals surface area contributed by atoms with Crippen molar-refractivity contribution in [3.05, 3.63) is 36.0 Å². The Labute approximate surface area is 122 Å². The second kappa shape index (κ2) is 6.97. The predicted molar refractivity (Wildman–Crippen MR) is 75.9 cm³/mol. The van der Waals surface area contributed by atoms with Gasteiger partial charge in [0.05, 0.1) is 5.56 Å². The van der Waals surface area contributed by atoms with E-state index in [2.05, 4.69) is 15.5 Å². The summed E-state index contributed by atoms with van der Waals surface area (Å²) in [7, 11) is 0. The lowest BCUT2D eigenvalue weighted by Gasteiger charge is -2.06. The van der Waals surface area contributed by atoms with Gasteiger partial charge in [-0.15, -0.1) is 10.2 Å². The van der Waals surface area contributed by atoms with Crippen LogP contribution in [0.15, 0.2) is 28.7 Å². The van der Waals surface area contributed by atoms with E-state index in [1.54, 1.807) is 18.2 Å². The van der Waals surface area contributed by atoms with E-state index in [-0.39, 0.29) is 23.8 Å². The highest BCUT2D eigenvalue weighted by Crippen LogP contribution is 2.21. The molecule has 0 saturated carbocycles. The van der Waals surface area contributed by atoms with Crippen molar-refractivity contribution in [3.8, 4) is 11.5 Å². The van der Waals surface area contributed by atoms with Gasteiger partial charge in [0.2, 0.25) is 11.8 Å². The molecular formula is C15H18FN3O2. The maximum atomic E-state index is 13.6.